The Morgan fingerprint density at radius 3 is 2.87 bits per heavy atom. The van der Waals surface area contributed by atoms with Crippen LogP contribution in [0, 0.1) is 0 Å². The SMILES string of the molecule is CC(C)=CCC(=O)Nc1ccn([C@H]2CC[C@H](O)[C@@H](C)O2)c(=O)n1. The molecule has 2 heterocycles. The Morgan fingerprint density at radius 2 is 2.26 bits per heavy atom. The van der Waals surface area contributed by atoms with Crippen molar-refractivity contribution in [3.05, 3.63) is 34.4 Å². The summed E-state index contributed by atoms with van der Waals surface area (Å²) in [6.07, 6.45) is 3.43. The molecule has 7 heteroatoms. The summed E-state index contributed by atoms with van der Waals surface area (Å²) in [5.41, 5.74) is 0.563. The molecule has 0 spiro atoms. The fourth-order valence-electron chi connectivity index (χ4n) is 2.35. The van der Waals surface area contributed by atoms with Crippen LogP contribution in [-0.4, -0.2) is 32.8 Å². The summed E-state index contributed by atoms with van der Waals surface area (Å²) in [5.74, 6) is 0.00353. The number of aromatic nitrogens is 2. The molecule has 0 aliphatic carbocycles. The highest BCUT2D eigenvalue weighted by molar-refractivity contribution is 5.90. The fourth-order valence-corrected chi connectivity index (χ4v) is 2.35. The quantitative estimate of drug-likeness (QED) is 0.822. The fraction of sp³-hybridized carbons (Fsp3) is 0.562. The number of nitrogens with one attached hydrogen (secondary N) is 1. The third-order valence-corrected chi connectivity index (χ3v) is 3.73. The van der Waals surface area contributed by atoms with Crippen molar-refractivity contribution in [1.29, 1.82) is 0 Å². The summed E-state index contributed by atoms with van der Waals surface area (Å²) in [4.78, 5) is 27.7. The average Bonchev–Trinajstić information content (AvgIpc) is 2.48. The lowest BCUT2D eigenvalue weighted by Gasteiger charge is -2.32. The van der Waals surface area contributed by atoms with Crippen molar-refractivity contribution in [1.82, 2.24) is 9.55 Å². The molecule has 2 N–H and O–H groups in total. The second-order valence-electron chi connectivity index (χ2n) is 5.98. The van der Waals surface area contributed by atoms with Crippen molar-refractivity contribution < 1.29 is 14.6 Å². The number of ether oxygens (including phenoxy) is 1. The molecule has 0 unspecified atom stereocenters. The number of hydrogen-bond donors (Lipinski definition) is 2. The number of carbonyl (C=O) groups is 1. The molecule has 1 aliphatic heterocycles. The van der Waals surface area contributed by atoms with Gasteiger partial charge in [-0.25, -0.2) is 4.79 Å². The predicted molar refractivity (Wildman–Crippen MR) is 86.0 cm³/mol. The molecule has 1 aromatic heterocycles. The molecule has 0 saturated carbocycles. The highest BCUT2D eigenvalue weighted by Crippen LogP contribution is 2.25. The number of anilines is 1. The smallest absolute Gasteiger partial charge is 0.351 e. The normalized spacial score (nSPS) is 24.1. The lowest BCUT2D eigenvalue weighted by molar-refractivity contribution is -0.139. The third-order valence-electron chi connectivity index (χ3n) is 3.73. The summed E-state index contributed by atoms with van der Waals surface area (Å²) in [6, 6.07) is 1.57. The van der Waals surface area contributed by atoms with Gasteiger partial charge in [0.25, 0.3) is 0 Å². The molecule has 0 bridgehead atoms. The Balaban J connectivity index is 2.05. The van der Waals surface area contributed by atoms with E-state index in [0.29, 0.717) is 12.8 Å². The first-order valence-electron chi connectivity index (χ1n) is 7.72. The first-order chi connectivity index (χ1) is 10.9. The minimum atomic E-state index is -0.511. The molecule has 126 valence electrons. The molecule has 1 amide bonds. The van der Waals surface area contributed by atoms with Crippen LogP contribution in [0.15, 0.2) is 28.7 Å². The molecule has 1 saturated heterocycles. The first-order valence-corrected chi connectivity index (χ1v) is 7.72. The lowest BCUT2D eigenvalue weighted by Crippen LogP contribution is -2.39. The monoisotopic (exact) mass is 321 g/mol. The lowest BCUT2D eigenvalue weighted by atomic mass is 10.1. The van der Waals surface area contributed by atoms with Gasteiger partial charge >= 0.3 is 5.69 Å². The van der Waals surface area contributed by atoms with Crippen LogP contribution in [0.1, 0.15) is 46.3 Å². The number of aliphatic hydroxyl groups excluding tert-OH is 1. The van der Waals surface area contributed by atoms with E-state index in [1.807, 2.05) is 13.8 Å². The highest BCUT2D eigenvalue weighted by atomic mass is 16.5. The molecule has 3 atom stereocenters. The maximum absolute atomic E-state index is 12.1. The topological polar surface area (TPSA) is 93.5 Å². The number of hydrogen-bond acceptors (Lipinski definition) is 5. The average molecular weight is 321 g/mol. The maximum atomic E-state index is 12.1. The Hall–Kier alpha value is -1.99. The van der Waals surface area contributed by atoms with Gasteiger partial charge in [-0.3, -0.25) is 9.36 Å². The number of aliphatic hydroxyl groups is 1. The Kier molecular flexibility index (Phi) is 5.68. The standard InChI is InChI=1S/C16H23N3O4/c1-10(2)4-6-14(21)17-13-8-9-19(16(22)18-13)15-7-5-12(20)11(3)23-15/h4,8-9,11-12,15,20H,5-7H2,1-3H3,(H,17,18,21,22)/t11-,12+,15-/m1/s1. The molecule has 0 aromatic carbocycles. The molecule has 1 aliphatic rings. The summed E-state index contributed by atoms with van der Waals surface area (Å²) >= 11 is 0. The van der Waals surface area contributed by atoms with Crippen LogP contribution < -0.4 is 11.0 Å². The molecule has 1 aromatic rings. The van der Waals surface area contributed by atoms with Gasteiger partial charge < -0.3 is 15.2 Å². The number of rotatable bonds is 4. The van der Waals surface area contributed by atoms with E-state index in [1.165, 1.54) is 4.57 Å². The number of carbonyl (C=O) groups excluding carboxylic acids is 1. The molecular weight excluding hydrogens is 298 g/mol. The van der Waals surface area contributed by atoms with Crippen LogP contribution in [0.25, 0.3) is 0 Å². The molecule has 0 radical (unpaired) electrons. The van der Waals surface area contributed by atoms with Gasteiger partial charge in [-0.2, -0.15) is 4.98 Å². The first kappa shape index (κ1) is 17.4. The van der Waals surface area contributed by atoms with Gasteiger partial charge in [-0.15, -0.1) is 0 Å². The van der Waals surface area contributed by atoms with E-state index in [1.54, 1.807) is 25.3 Å². The van der Waals surface area contributed by atoms with E-state index in [9.17, 15) is 14.7 Å². The second-order valence-corrected chi connectivity index (χ2v) is 5.98. The van der Waals surface area contributed by atoms with Crippen LogP contribution in [-0.2, 0) is 9.53 Å². The van der Waals surface area contributed by atoms with Gasteiger partial charge in [0.15, 0.2) is 0 Å². The molecule has 23 heavy (non-hydrogen) atoms. The van der Waals surface area contributed by atoms with E-state index >= 15 is 0 Å². The predicted octanol–water partition coefficient (Wildman–Crippen LogP) is 1.60. The van der Waals surface area contributed by atoms with Crippen LogP contribution in [0.3, 0.4) is 0 Å². The van der Waals surface area contributed by atoms with Gasteiger partial charge in [0.1, 0.15) is 12.0 Å². The molecule has 7 nitrogen and oxygen atoms in total. The van der Waals surface area contributed by atoms with Gasteiger partial charge in [0.2, 0.25) is 5.91 Å². The van der Waals surface area contributed by atoms with Crippen LogP contribution in [0.4, 0.5) is 5.82 Å². The third kappa shape index (κ3) is 4.74. The molecule has 1 fully saturated rings. The molecular formula is C16H23N3O4. The van der Waals surface area contributed by atoms with Gasteiger partial charge in [0, 0.05) is 12.6 Å². The summed E-state index contributed by atoms with van der Waals surface area (Å²) in [5, 5.41) is 12.3. The van der Waals surface area contributed by atoms with E-state index in [2.05, 4.69) is 10.3 Å². The number of nitrogens with zero attached hydrogens (tertiary/aromatic N) is 2. The summed E-state index contributed by atoms with van der Waals surface area (Å²) in [6.45, 7) is 5.59. The summed E-state index contributed by atoms with van der Waals surface area (Å²) < 4.78 is 7.01. The van der Waals surface area contributed by atoms with E-state index in [0.717, 1.165) is 5.57 Å². The van der Waals surface area contributed by atoms with Crippen molar-refractivity contribution in [2.45, 2.75) is 58.5 Å². The van der Waals surface area contributed by atoms with E-state index in [4.69, 9.17) is 4.74 Å². The maximum Gasteiger partial charge on any atom is 0.351 e. The zero-order valence-electron chi connectivity index (χ0n) is 13.7. The largest absolute Gasteiger partial charge is 0.390 e. The second kappa shape index (κ2) is 7.52. The van der Waals surface area contributed by atoms with Crippen molar-refractivity contribution in [2.24, 2.45) is 0 Å². The number of allylic oxidation sites excluding steroid dienone is 1. The van der Waals surface area contributed by atoms with Crippen molar-refractivity contribution in [2.75, 3.05) is 5.32 Å². The van der Waals surface area contributed by atoms with E-state index in [-0.39, 0.29) is 24.2 Å². The number of amides is 1. The van der Waals surface area contributed by atoms with Crippen LogP contribution in [0.5, 0.6) is 0 Å². The zero-order valence-corrected chi connectivity index (χ0v) is 13.7. The van der Waals surface area contributed by atoms with Crippen LogP contribution >= 0.6 is 0 Å². The Labute approximate surface area is 135 Å². The molecule has 2 rings (SSSR count). The van der Waals surface area contributed by atoms with Gasteiger partial charge in [-0.05, 0) is 39.7 Å². The Bertz CT molecular complexity index is 649. The highest BCUT2D eigenvalue weighted by Gasteiger charge is 2.28. The zero-order chi connectivity index (χ0) is 17.0. The van der Waals surface area contributed by atoms with Gasteiger partial charge in [0.05, 0.1) is 12.2 Å². The van der Waals surface area contributed by atoms with E-state index < -0.39 is 18.0 Å². The van der Waals surface area contributed by atoms with Crippen molar-refractivity contribution in [3.8, 4) is 0 Å². The van der Waals surface area contributed by atoms with Crippen LogP contribution in [0.2, 0.25) is 0 Å². The minimum Gasteiger partial charge on any atom is -0.390 e. The van der Waals surface area contributed by atoms with Crippen molar-refractivity contribution in [3.63, 3.8) is 0 Å². The minimum absolute atomic E-state index is 0.221. The van der Waals surface area contributed by atoms with Gasteiger partial charge in [-0.1, -0.05) is 11.6 Å². The summed E-state index contributed by atoms with van der Waals surface area (Å²) in [7, 11) is 0. The Morgan fingerprint density at radius 1 is 1.52 bits per heavy atom. The van der Waals surface area contributed by atoms with Crippen molar-refractivity contribution >= 4 is 11.7 Å².